The van der Waals surface area contributed by atoms with Crippen LogP contribution in [0.1, 0.15) is 0 Å². The van der Waals surface area contributed by atoms with E-state index in [9.17, 15) is 13.2 Å². The number of hydrogen-bond donors (Lipinski definition) is 0. The van der Waals surface area contributed by atoms with Crippen molar-refractivity contribution in [2.24, 2.45) is 0 Å². The molecule has 0 saturated carbocycles. The van der Waals surface area contributed by atoms with Crippen LogP contribution < -0.4 is 0 Å². The summed E-state index contributed by atoms with van der Waals surface area (Å²) in [5.74, 6) is -0.0587. The first-order chi connectivity index (χ1) is 5.40. The molecule has 0 heterocycles. The van der Waals surface area contributed by atoms with Gasteiger partial charge >= 0.3 is 6.11 Å². The summed E-state index contributed by atoms with van der Waals surface area (Å²) in [6, 6.07) is 0. The Morgan fingerprint density at radius 2 is 1.83 bits per heavy atom. The third kappa shape index (κ3) is 4.60. The van der Waals surface area contributed by atoms with Crippen molar-refractivity contribution in [1.82, 2.24) is 0 Å². The summed E-state index contributed by atoms with van der Waals surface area (Å²) in [5, 5.41) is -0.784. The van der Waals surface area contributed by atoms with Crippen molar-refractivity contribution in [3.63, 3.8) is 0 Å². The zero-order valence-corrected chi connectivity index (χ0v) is 8.01. The van der Waals surface area contributed by atoms with Crippen LogP contribution in [0.4, 0.5) is 13.2 Å². The molecule has 0 bridgehead atoms. The van der Waals surface area contributed by atoms with Crippen LogP contribution in [-0.2, 0) is 4.74 Å². The van der Waals surface area contributed by atoms with Gasteiger partial charge in [0.25, 0.3) is 5.63 Å². The van der Waals surface area contributed by atoms with E-state index in [2.05, 4.69) is 16.3 Å². The zero-order valence-electron chi connectivity index (χ0n) is 5.74. The first-order valence-corrected chi connectivity index (χ1v) is 4.31. The Balaban J connectivity index is 3.75. The summed E-state index contributed by atoms with van der Waals surface area (Å²) < 4.78 is 40.1. The maximum atomic E-state index is 12.2. The summed E-state index contributed by atoms with van der Waals surface area (Å²) in [6.45, 7) is -0.550. The van der Waals surface area contributed by atoms with E-state index < -0.39 is 23.7 Å². The number of rotatable bonds is 5. The van der Waals surface area contributed by atoms with E-state index in [1.165, 1.54) is 0 Å². The summed E-state index contributed by atoms with van der Waals surface area (Å²) in [5.41, 5.74) is -2.88. The highest BCUT2D eigenvalue weighted by Gasteiger charge is 2.40. The number of hydrogen-bond acceptors (Lipinski definition) is 1. The van der Waals surface area contributed by atoms with E-state index in [4.69, 9.17) is 23.2 Å². The van der Waals surface area contributed by atoms with Gasteiger partial charge in [-0.3, -0.25) is 0 Å². The van der Waals surface area contributed by atoms with Crippen LogP contribution in [0.25, 0.3) is 0 Å². The largest absolute Gasteiger partial charge is 0.400 e. The molecule has 0 aromatic carbocycles. The second kappa shape index (κ2) is 5.37. The van der Waals surface area contributed by atoms with Crippen molar-refractivity contribution in [1.29, 1.82) is 0 Å². The van der Waals surface area contributed by atoms with Crippen LogP contribution in [0.15, 0.2) is 0 Å². The fourth-order valence-corrected chi connectivity index (χ4v) is 0.524. The molecule has 0 aromatic rings. The van der Waals surface area contributed by atoms with Gasteiger partial charge in [-0.2, -0.15) is 8.78 Å². The molecule has 0 saturated heterocycles. The van der Waals surface area contributed by atoms with Gasteiger partial charge in [-0.05, 0) is 0 Å². The van der Waals surface area contributed by atoms with Crippen molar-refractivity contribution in [3.05, 3.63) is 0 Å². The molecule has 74 valence electrons. The third-order valence-electron chi connectivity index (χ3n) is 0.878. The molecule has 0 aliphatic rings. The van der Waals surface area contributed by atoms with Crippen molar-refractivity contribution in [2.75, 3.05) is 12.5 Å². The number of alkyl halides is 6. The summed E-state index contributed by atoms with van der Waals surface area (Å²) >= 11 is 15.0. The molecule has 0 radical (unpaired) electrons. The molecule has 7 heteroatoms. The molecule has 0 N–H and O–H groups in total. The highest BCUT2D eigenvalue weighted by molar-refractivity contribution is 6.28. The second-order valence-electron chi connectivity index (χ2n) is 1.93. The minimum Gasteiger partial charge on any atom is -0.316 e. The Morgan fingerprint density at radius 3 is 2.17 bits per heavy atom. The predicted octanol–water partition coefficient (Wildman–Crippen LogP) is 2.98. The first kappa shape index (κ1) is 12.6. The fraction of sp³-hybridized carbons (Fsp3) is 1.00. The number of halogens is 6. The lowest BCUT2D eigenvalue weighted by Crippen LogP contribution is -2.32. The molecule has 12 heavy (non-hydrogen) atoms. The van der Waals surface area contributed by atoms with Gasteiger partial charge in [-0.1, -0.05) is 11.6 Å². The van der Waals surface area contributed by atoms with Gasteiger partial charge in [0.15, 0.2) is 0 Å². The van der Waals surface area contributed by atoms with E-state index in [1.807, 2.05) is 0 Å². The molecule has 0 amide bonds. The molecule has 0 aliphatic heterocycles. The molecule has 0 spiro atoms. The van der Waals surface area contributed by atoms with Crippen molar-refractivity contribution in [2.45, 2.75) is 17.1 Å². The summed E-state index contributed by atoms with van der Waals surface area (Å²) in [7, 11) is 0. The average Bonchev–Trinajstić information content (AvgIpc) is 2.00. The van der Waals surface area contributed by atoms with Crippen molar-refractivity contribution in [3.8, 4) is 0 Å². The van der Waals surface area contributed by atoms with Crippen molar-refractivity contribution < 1.29 is 17.9 Å². The Bertz CT molecular complexity index is 133. The molecule has 2 unspecified atom stereocenters. The third-order valence-corrected chi connectivity index (χ3v) is 1.94. The number of ether oxygens (including phenoxy) is 1. The topological polar surface area (TPSA) is 9.23 Å². The van der Waals surface area contributed by atoms with Crippen LogP contribution in [0.3, 0.4) is 0 Å². The lowest BCUT2D eigenvalue weighted by molar-refractivity contribution is -0.255. The molecule has 0 rings (SSSR count). The van der Waals surface area contributed by atoms with E-state index in [-0.39, 0.29) is 5.88 Å². The Labute approximate surface area is 82.7 Å². The summed E-state index contributed by atoms with van der Waals surface area (Å²) in [4.78, 5) is 0. The Hall–Kier alpha value is 0.620. The highest BCUT2D eigenvalue weighted by Crippen LogP contribution is 2.26. The second-order valence-corrected chi connectivity index (χ2v) is 3.23. The molecule has 0 aromatic heterocycles. The normalized spacial score (nSPS) is 17.5. The smallest absolute Gasteiger partial charge is 0.316 e. The van der Waals surface area contributed by atoms with Crippen molar-refractivity contribution >= 4 is 34.8 Å². The van der Waals surface area contributed by atoms with E-state index in [1.54, 1.807) is 0 Å². The maximum absolute atomic E-state index is 12.2. The Morgan fingerprint density at radius 1 is 1.33 bits per heavy atom. The minimum absolute atomic E-state index is 0.0587. The lowest BCUT2D eigenvalue weighted by Gasteiger charge is -2.17. The van der Waals surface area contributed by atoms with E-state index in [0.29, 0.717) is 0 Å². The standard InChI is InChI=1S/C5H6Cl3F3O/c6-1-3(7)2-12-5(10,11)4(8)9/h3-4H,1-2H2. The maximum Gasteiger partial charge on any atom is 0.400 e. The monoisotopic (exact) mass is 244 g/mol. The average molecular weight is 245 g/mol. The van der Waals surface area contributed by atoms with Gasteiger partial charge in [0.05, 0.1) is 12.0 Å². The summed E-state index contributed by atoms with van der Waals surface area (Å²) in [6.07, 6.45) is -4.01. The van der Waals surface area contributed by atoms with Crippen LogP contribution >= 0.6 is 34.8 Å². The molecule has 0 fully saturated rings. The van der Waals surface area contributed by atoms with Crippen LogP contribution in [-0.4, -0.2) is 29.6 Å². The fourth-order valence-electron chi connectivity index (χ4n) is 0.309. The predicted molar refractivity (Wildman–Crippen MR) is 42.0 cm³/mol. The van der Waals surface area contributed by atoms with E-state index >= 15 is 0 Å². The van der Waals surface area contributed by atoms with Gasteiger partial charge in [-0.15, -0.1) is 23.2 Å². The van der Waals surface area contributed by atoms with Gasteiger partial charge in [0.2, 0.25) is 0 Å². The molecular formula is C5H6Cl3F3O. The highest BCUT2D eigenvalue weighted by atomic mass is 35.5. The minimum atomic E-state index is -4.01. The van der Waals surface area contributed by atoms with E-state index in [0.717, 1.165) is 0 Å². The lowest BCUT2D eigenvalue weighted by atomic mass is 10.5. The van der Waals surface area contributed by atoms with Gasteiger partial charge in [0.1, 0.15) is 0 Å². The molecular weight excluding hydrogens is 239 g/mol. The van der Waals surface area contributed by atoms with Gasteiger partial charge in [0, 0.05) is 5.88 Å². The van der Waals surface area contributed by atoms with Crippen LogP contribution in [0, 0.1) is 0 Å². The van der Waals surface area contributed by atoms with Crippen LogP contribution in [0.2, 0.25) is 0 Å². The first-order valence-electron chi connectivity index (χ1n) is 2.90. The molecule has 2 atom stereocenters. The van der Waals surface area contributed by atoms with Crippen LogP contribution in [0.5, 0.6) is 0 Å². The zero-order chi connectivity index (χ0) is 9.78. The van der Waals surface area contributed by atoms with Gasteiger partial charge in [-0.25, -0.2) is 4.39 Å². The quantitative estimate of drug-likeness (QED) is 0.677. The Kier molecular flexibility index (Phi) is 5.65. The SMILES string of the molecule is FC(Cl)C(F)(F)OCC(Cl)CCl. The molecule has 0 aliphatic carbocycles. The van der Waals surface area contributed by atoms with Gasteiger partial charge < -0.3 is 4.74 Å². The molecule has 1 nitrogen and oxygen atoms in total.